The van der Waals surface area contributed by atoms with Crippen molar-refractivity contribution >= 4 is 44.4 Å². The zero-order valence-corrected chi connectivity index (χ0v) is 23.9. The van der Waals surface area contributed by atoms with Gasteiger partial charge in [0.1, 0.15) is 11.7 Å². The molecule has 0 amide bonds. The molecule has 4 rings (SSSR count). The van der Waals surface area contributed by atoms with E-state index in [-0.39, 0.29) is 39.2 Å². The van der Waals surface area contributed by atoms with Crippen molar-refractivity contribution in [3.8, 4) is 21.3 Å². The molecular weight excluding hydrogens is 585 g/mol. The van der Waals surface area contributed by atoms with E-state index >= 15 is 0 Å². The number of aromatic nitrogens is 3. The molecule has 41 heavy (non-hydrogen) atoms. The molecule has 2 aromatic carbocycles. The highest BCUT2D eigenvalue weighted by atomic mass is 32.2. The summed E-state index contributed by atoms with van der Waals surface area (Å²) in [7, 11) is -3.30. The van der Waals surface area contributed by atoms with Crippen LogP contribution in [0.2, 0.25) is 0 Å². The van der Waals surface area contributed by atoms with Gasteiger partial charge < -0.3 is 9.15 Å². The number of esters is 1. The van der Waals surface area contributed by atoms with Gasteiger partial charge in [-0.2, -0.15) is 17.9 Å². The lowest BCUT2D eigenvalue weighted by Crippen LogP contribution is -2.44. The monoisotopic (exact) mass is 610 g/mol. The topological polar surface area (TPSA) is 141 Å². The van der Waals surface area contributed by atoms with Crippen LogP contribution in [0.15, 0.2) is 45.7 Å². The Hall–Kier alpha value is -3.69. The third-order valence-corrected chi connectivity index (χ3v) is 8.89. The predicted molar refractivity (Wildman–Crippen MR) is 144 cm³/mol. The summed E-state index contributed by atoms with van der Waals surface area (Å²) in [5.41, 5.74) is -0.491. The van der Waals surface area contributed by atoms with Crippen LogP contribution >= 0.6 is 11.3 Å². The number of thiazole rings is 1. The normalized spacial score (nSPS) is 13.3. The molecule has 2 heterocycles. The fourth-order valence-corrected chi connectivity index (χ4v) is 6.68. The van der Waals surface area contributed by atoms with Crippen LogP contribution < -0.4 is 4.72 Å². The van der Waals surface area contributed by atoms with E-state index in [1.54, 1.807) is 36.8 Å². The molecule has 10 nitrogen and oxygen atoms in total. The van der Waals surface area contributed by atoms with Crippen LogP contribution in [0.4, 0.5) is 13.2 Å². The van der Waals surface area contributed by atoms with Gasteiger partial charge in [-0.1, -0.05) is 37.3 Å². The number of benzene rings is 2. The van der Waals surface area contributed by atoms with E-state index in [1.807, 2.05) is 0 Å². The van der Waals surface area contributed by atoms with E-state index in [0.29, 0.717) is 22.1 Å². The highest BCUT2D eigenvalue weighted by molar-refractivity contribution is 7.89. The minimum Gasteiger partial charge on any atom is -0.469 e. The summed E-state index contributed by atoms with van der Waals surface area (Å²) < 4.78 is 78.3. The van der Waals surface area contributed by atoms with Crippen LogP contribution in [0, 0.1) is 5.41 Å². The van der Waals surface area contributed by atoms with Crippen molar-refractivity contribution in [1.82, 2.24) is 19.9 Å². The fourth-order valence-electron chi connectivity index (χ4n) is 4.17. The Bertz CT molecular complexity index is 1710. The maximum Gasteiger partial charge on any atom is 0.404 e. The largest absolute Gasteiger partial charge is 0.469 e. The van der Waals surface area contributed by atoms with Crippen molar-refractivity contribution in [3.05, 3.63) is 48.0 Å². The molecule has 0 fully saturated rings. The van der Waals surface area contributed by atoms with Gasteiger partial charge in [0, 0.05) is 17.4 Å². The van der Waals surface area contributed by atoms with E-state index in [1.165, 1.54) is 32.2 Å². The van der Waals surface area contributed by atoms with Crippen molar-refractivity contribution in [2.45, 2.75) is 50.7 Å². The number of aldehydes is 1. The molecular formula is C26H25F3N4O6S2. The van der Waals surface area contributed by atoms with E-state index in [9.17, 15) is 31.2 Å². The number of hydrogen-bond acceptors (Lipinski definition) is 10. The van der Waals surface area contributed by atoms with Crippen LogP contribution in [0.1, 0.15) is 43.6 Å². The zero-order chi connectivity index (χ0) is 30.2. The first-order valence-corrected chi connectivity index (χ1v) is 14.5. The minimum absolute atomic E-state index is 0.00507. The van der Waals surface area contributed by atoms with Crippen molar-refractivity contribution in [2.75, 3.05) is 7.11 Å². The predicted octanol–water partition coefficient (Wildman–Crippen LogP) is 5.19. The number of carbonyl (C=O) groups is 2. The molecule has 0 radical (unpaired) electrons. The Kier molecular flexibility index (Phi) is 8.34. The van der Waals surface area contributed by atoms with Gasteiger partial charge in [0.15, 0.2) is 11.3 Å². The molecule has 0 saturated carbocycles. The molecule has 1 atom stereocenters. The van der Waals surface area contributed by atoms with Gasteiger partial charge >= 0.3 is 12.1 Å². The van der Waals surface area contributed by atoms with Gasteiger partial charge in [-0.05, 0) is 31.7 Å². The Labute approximate surface area is 237 Å². The third-order valence-electron chi connectivity index (χ3n) is 6.26. The zero-order valence-electron chi connectivity index (χ0n) is 22.3. The molecule has 0 aliphatic carbocycles. The molecule has 15 heteroatoms. The van der Waals surface area contributed by atoms with E-state index in [0.717, 1.165) is 11.3 Å². The highest BCUT2D eigenvalue weighted by Gasteiger charge is 2.41. The maximum absolute atomic E-state index is 13.3. The summed E-state index contributed by atoms with van der Waals surface area (Å²) in [5.74, 6) is -0.310. The molecule has 0 saturated heterocycles. The molecule has 0 aliphatic rings. The first-order chi connectivity index (χ1) is 19.2. The third kappa shape index (κ3) is 6.16. The van der Waals surface area contributed by atoms with Gasteiger partial charge in [0.2, 0.25) is 15.9 Å². The lowest BCUT2D eigenvalue weighted by atomic mass is 9.89. The van der Waals surface area contributed by atoms with E-state index in [2.05, 4.69) is 15.2 Å². The van der Waals surface area contributed by atoms with Gasteiger partial charge in [-0.25, -0.2) is 13.4 Å². The first kappa shape index (κ1) is 30.3. The number of halogens is 3. The molecule has 0 unspecified atom stereocenters. The summed E-state index contributed by atoms with van der Waals surface area (Å²) in [6.45, 7) is 4.55. The molecule has 0 bridgehead atoms. The Morgan fingerprint density at radius 1 is 1.15 bits per heavy atom. The molecule has 4 aromatic rings. The SMILES string of the molecule is CC[C@H](NS(=O)(=O)c1ccc(-c2sc(-c3nnc(CC(C)(C)C(=O)OC)o3)nc2C=O)c2ccccc12)C(F)(F)F. The van der Waals surface area contributed by atoms with Gasteiger partial charge in [0.05, 0.1) is 22.3 Å². The minimum atomic E-state index is -4.76. The Balaban J connectivity index is 1.75. The molecule has 0 aliphatic heterocycles. The fraction of sp³-hybridized carbons (Fsp3) is 0.346. The summed E-state index contributed by atoms with van der Waals surface area (Å²) in [6, 6.07) is 6.60. The van der Waals surface area contributed by atoms with Gasteiger partial charge in [-0.15, -0.1) is 21.5 Å². The number of fused-ring (bicyclic) bond motifs is 1. The number of alkyl halides is 3. The number of rotatable bonds is 10. The summed E-state index contributed by atoms with van der Waals surface area (Å²) in [5, 5.41) is 8.69. The van der Waals surface area contributed by atoms with Crippen molar-refractivity contribution in [3.63, 3.8) is 0 Å². The lowest BCUT2D eigenvalue weighted by Gasteiger charge is -2.21. The molecule has 0 spiro atoms. The number of nitrogens with zero attached hydrogens (tertiary/aromatic N) is 3. The van der Waals surface area contributed by atoms with Gasteiger partial charge in [0.25, 0.3) is 5.89 Å². The Morgan fingerprint density at radius 3 is 2.44 bits per heavy atom. The van der Waals surface area contributed by atoms with Gasteiger partial charge in [-0.3, -0.25) is 9.59 Å². The molecule has 1 N–H and O–H groups in total. The van der Waals surface area contributed by atoms with Crippen LogP contribution in [-0.2, 0) is 26.0 Å². The van der Waals surface area contributed by atoms with E-state index in [4.69, 9.17) is 9.15 Å². The second-order valence-corrected chi connectivity index (χ2v) is 12.4. The summed E-state index contributed by atoms with van der Waals surface area (Å²) in [4.78, 5) is 28.3. The number of nitrogens with one attached hydrogen (secondary N) is 1. The first-order valence-electron chi connectivity index (χ1n) is 12.2. The van der Waals surface area contributed by atoms with Crippen LogP contribution in [0.25, 0.3) is 32.1 Å². The number of hydrogen-bond donors (Lipinski definition) is 1. The summed E-state index contributed by atoms with van der Waals surface area (Å²) in [6.07, 6.45) is -4.64. The number of methoxy groups -OCH3 is 1. The summed E-state index contributed by atoms with van der Waals surface area (Å²) >= 11 is 1.03. The average Bonchev–Trinajstić information content (AvgIpc) is 3.56. The van der Waals surface area contributed by atoms with E-state index < -0.39 is 40.0 Å². The quantitative estimate of drug-likeness (QED) is 0.190. The second-order valence-electron chi connectivity index (χ2n) is 9.69. The molecule has 2 aromatic heterocycles. The standard InChI is InChI=1S/C26H25F3N4O6S2/c1-5-19(26(27,28)29)33-41(36,37)18-11-10-16(14-8-6-7-9-15(14)18)21-17(13-34)30-23(40-21)22-32-31-20(39-22)12-25(2,3)24(35)38-4/h6-11,13,19,33H,5,12H2,1-4H3/t19-/m0/s1. The average molecular weight is 611 g/mol. The maximum atomic E-state index is 13.3. The number of carbonyl (C=O) groups excluding carboxylic acids is 2. The number of sulfonamides is 1. The van der Waals surface area contributed by atoms with Crippen molar-refractivity contribution < 1.29 is 40.3 Å². The van der Waals surface area contributed by atoms with Crippen LogP contribution in [0.3, 0.4) is 0 Å². The van der Waals surface area contributed by atoms with Crippen molar-refractivity contribution in [2.24, 2.45) is 5.41 Å². The Morgan fingerprint density at radius 2 is 1.83 bits per heavy atom. The van der Waals surface area contributed by atoms with Crippen LogP contribution in [0.5, 0.6) is 0 Å². The van der Waals surface area contributed by atoms with Crippen molar-refractivity contribution in [1.29, 1.82) is 0 Å². The lowest BCUT2D eigenvalue weighted by molar-refractivity contribution is -0.152. The highest BCUT2D eigenvalue weighted by Crippen LogP contribution is 2.40. The second kappa shape index (κ2) is 11.3. The molecule has 218 valence electrons. The number of ether oxygens (including phenoxy) is 1. The van der Waals surface area contributed by atoms with Crippen LogP contribution in [-0.4, -0.2) is 55.2 Å². The smallest absolute Gasteiger partial charge is 0.404 e.